The van der Waals surface area contributed by atoms with Crippen LogP contribution in [0.1, 0.15) is 49.5 Å². The molecule has 2 N–H and O–H groups in total. The molecule has 0 saturated heterocycles. The van der Waals surface area contributed by atoms with Gasteiger partial charge in [-0.05, 0) is 5.56 Å². The summed E-state index contributed by atoms with van der Waals surface area (Å²) < 4.78 is 0. The van der Waals surface area contributed by atoms with E-state index in [0.29, 0.717) is 0 Å². The molecule has 0 spiro atoms. The van der Waals surface area contributed by atoms with Crippen molar-refractivity contribution >= 4 is 23.2 Å². The van der Waals surface area contributed by atoms with E-state index in [1.807, 2.05) is 35.7 Å². The Hall–Kier alpha value is -2.21. The number of aromatic nitrogens is 1. The van der Waals surface area contributed by atoms with Crippen LogP contribution in [-0.4, -0.2) is 22.0 Å². The van der Waals surface area contributed by atoms with Crippen LogP contribution in [0.3, 0.4) is 0 Å². The van der Waals surface area contributed by atoms with Crippen LogP contribution in [0.2, 0.25) is 0 Å². The minimum Gasteiger partial charge on any atom is -0.481 e. The van der Waals surface area contributed by atoms with E-state index in [1.165, 1.54) is 11.3 Å². The predicted octanol–water partition coefficient (Wildman–Crippen LogP) is 3.12. The summed E-state index contributed by atoms with van der Waals surface area (Å²) in [5.74, 6) is -1.68. The van der Waals surface area contributed by atoms with Crippen molar-refractivity contribution in [2.24, 2.45) is 0 Å². The van der Waals surface area contributed by atoms with E-state index in [2.05, 4.69) is 31.1 Å². The molecular formula is C17H20N2O3S. The van der Waals surface area contributed by atoms with Gasteiger partial charge in [-0.1, -0.05) is 51.1 Å². The van der Waals surface area contributed by atoms with Gasteiger partial charge in [-0.3, -0.25) is 9.59 Å². The van der Waals surface area contributed by atoms with Crippen LogP contribution in [0.4, 0.5) is 0 Å². The SMILES string of the molecule is CC(C)(C)c1csc(C(NC(=O)CC(=O)O)c2ccccc2)n1. The number of carbonyl (C=O) groups excluding carboxylic acids is 1. The zero-order valence-corrected chi connectivity index (χ0v) is 14.2. The standard InChI is InChI=1S/C17H20N2O3S/c1-17(2,3)12-10-23-16(18-12)15(11-7-5-4-6-8-11)19-13(20)9-14(21)22/h4-8,10,15H,9H2,1-3H3,(H,19,20)(H,21,22). The van der Waals surface area contributed by atoms with Crippen LogP contribution in [0.5, 0.6) is 0 Å². The average molecular weight is 332 g/mol. The lowest BCUT2D eigenvalue weighted by Gasteiger charge is -2.18. The molecule has 0 aliphatic heterocycles. The number of thiazole rings is 1. The molecule has 2 aromatic rings. The van der Waals surface area contributed by atoms with Gasteiger partial charge in [0, 0.05) is 10.8 Å². The first-order chi connectivity index (χ1) is 10.8. The molecule has 23 heavy (non-hydrogen) atoms. The van der Waals surface area contributed by atoms with Gasteiger partial charge in [0.2, 0.25) is 5.91 Å². The first kappa shape index (κ1) is 17.1. The average Bonchev–Trinajstić information content (AvgIpc) is 2.94. The first-order valence-corrected chi connectivity index (χ1v) is 8.17. The van der Waals surface area contributed by atoms with Crippen LogP contribution < -0.4 is 5.32 Å². The molecule has 0 saturated carbocycles. The summed E-state index contributed by atoms with van der Waals surface area (Å²) in [6.45, 7) is 6.23. The fraction of sp³-hybridized carbons (Fsp3) is 0.353. The number of carboxylic acids is 1. The molecule has 0 aliphatic rings. The van der Waals surface area contributed by atoms with Crippen molar-refractivity contribution in [2.75, 3.05) is 0 Å². The third-order valence-electron chi connectivity index (χ3n) is 3.29. The molecule has 5 nitrogen and oxygen atoms in total. The molecule has 0 fully saturated rings. The number of amides is 1. The summed E-state index contributed by atoms with van der Waals surface area (Å²) in [7, 11) is 0. The van der Waals surface area contributed by atoms with Gasteiger partial charge < -0.3 is 10.4 Å². The normalized spacial score (nSPS) is 12.7. The molecule has 1 aromatic carbocycles. The third-order valence-corrected chi connectivity index (χ3v) is 4.20. The van der Waals surface area contributed by atoms with E-state index in [-0.39, 0.29) is 5.41 Å². The Balaban J connectivity index is 2.32. The van der Waals surface area contributed by atoms with Gasteiger partial charge in [0.05, 0.1) is 5.69 Å². The molecule has 0 radical (unpaired) electrons. The summed E-state index contributed by atoms with van der Waals surface area (Å²) in [5, 5.41) is 14.3. The quantitative estimate of drug-likeness (QED) is 0.825. The fourth-order valence-corrected chi connectivity index (χ4v) is 3.17. The summed E-state index contributed by atoms with van der Waals surface area (Å²) in [4.78, 5) is 27.3. The zero-order chi connectivity index (χ0) is 17.0. The summed E-state index contributed by atoms with van der Waals surface area (Å²) in [5.41, 5.74) is 1.74. The highest BCUT2D eigenvalue weighted by atomic mass is 32.1. The van der Waals surface area contributed by atoms with Gasteiger partial charge in [-0.2, -0.15) is 0 Å². The Bertz CT molecular complexity index is 689. The van der Waals surface area contributed by atoms with Crippen molar-refractivity contribution in [3.63, 3.8) is 0 Å². The van der Waals surface area contributed by atoms with Crippen molar-refractivity contribution < 1.29 is 14.7 Å². The van der Waals surface area contributed by atoms with E-state index >= 15 is 0 Å². The topological polar surface area (TPSA) is 79.3 Å². The van der Waals surface area contributed by atoms with E-state index in [9.17, 15) is 9.59 Å². The number of rotatable bonds is 5. The second-order valence-electron chi connectivity index (χ2n) is 6.30. The molecule has 0 aliphatic carbocycles. The van der Waals surface area contributed by atoms with Crippen LogP contribution in [0.15, 0.2) is 35.7 Å². The Morgan fingerprint density at radius 1 is 1.26 bits per heavy atom. The minimum atomic E-state index is -1.15. The van der Waals surface area contributed by atoms with Gasteiger partial charge in [-0.25, -0.2) is 4.98 Å². The maximum Gasteiger partial charge on any atom is 0.312 e. The first-order valence-electron chi connectivity index (χ1n) is 7.29. The second-order valence-corrected chi connectivity index (χ2v) is 7.19. The molecule has 0 bridgehead atoms. The van der Waals surface area contributed by atoms with Gasteiger partial charge in [0.15, 0.2) is 0 Å². The molecule has 6 heteroatoms. The van der Waals surface area contributed by atoms with Crippen LogP contribution in [0.25, 0.3) is 0 Å². The number of nitrogens with zero attached hydrogens (tertiary/aromatic N) is 1. The highest BCUT2D eigenvalue weighted by molar-refractivity contribution is 7.09. The van der Waals surface area contributed by atoms with Gasteiger partial charge in [-0.15, -0.1) is 11.3 Å². The monoisotopic (exact) mass is 332 g/mol. The summed E-state index contributed by atoms with van der Waals surface area (Å²) >= 11 is 1.47. The number of aliphatic carboxylic acids is 1. The molecule has 1 heterocycles. The van der Waals surface area contributed by atoms with Crippen molar-refractivity contribution in [3.05, 3.63) is 52.0 Å². The van der Waals surface area contributed by atoms with E-state index in [0.717, 1.165) is 16.3 Å². The molecular weight excluding hydrogens is 312 g/mol. The lowest BCUT2D eigenvalue weighted by atomic mass is 9.93. The molecule has 1 amide bonds. The maximum absolute atomic E-state index is 11.9. The Labute approximate surface area is 139 Å². The number of hydrogen-bond donors (Lipinski definition) is 2. The van der Waals surface area contributed by atoms with Gasteiger partial charge in [0.1, 0.15) is 17.5 Å². The van der Waals surface area contributed by atoms with Crippen LogP contribution in [0, 0.1) is 0 Å². The van der Waals surface area contributed by atoms with Crippen molar-refractivity contribution in [1.82, 2.24) is 10.3 Å². The number of benzene rings is 1. The van der Waals surface area contributed by atoms with E-state index in [1.54, 1.807) is 0 Å². The van der Waals surface area contributed by atoms with Gasteiger partial charge in [0.25, 0.3) is 0 Å². The van der Waals surface area contributed by atoms with Crippen molar-refractivity contribution in [3.8, 4) is 0 Å². The zero-order valence-electron chi connectivity index (χ0n) is 13.4. The Morgan fingerprint density at radius 3 is 2.43 bits per heavy atom. The van der Waals surface area contributed by atoms with Crippen molar-refractivity contribution in [2.45, 2.75) is 38.6 Å². The number of carboxylic acid groups (broad SMARTS) is 1. The fourth-order valence-electron chi connectivity index (χ4n) is 2.05. The number of hydrogen-bond acceptors (Lipinski definition) is 4. The molecule has 1 unspecified atom stereocenters. The van der Waals surface area contributed by atoms with Crippen LogP contribution >= 0.6 is 11.3 Å². The minimum absolute atomic E-state index is 0.0823. The maximum atomic E-state index is 11.9. The Kier molecular flexibility index (Phi) is 5.15. The predicted molar refractivity (Wildman–Crippen MR) is 89.5 cm³/mol. The van der Waals surface area contributed by atoms with E-state index < -0.39 is 24.3 Å². The number of nitrogens with one attached hydrogen (secondary N) is 1. The Morgan fingerprint density at radius 2 is 1.91 bits per heavy atom. The van der Waals surface area contributed by atoms with Crippen molar-refractivity contribution in [1.29, 1.82) is 0 Å². The largest absolute Gasteiger partial charge is 0.481 e. The number of carbonyl (C=O) groups is 2. The molecule has 122 valence electrons. The summed E-state index contributed by atoms with van der Waals surface area (Å²) in [6, 6.07) is 8.99. The summed E-state index contributed by atoms with van der Waals surface area (Å²) in [6.07, 6.45) is -0.555. The van der Waals surface area contributed by atoms with Gasteiger partial charge >= 0.3 is 5.97 Å². The lowest BCUT2D eigenvalue weighted by Crippen LogP contribution is -2.30. The second kappa shape index (κ2) is 6.91. The van der Waals surface area contributed by atoms with E-state index in [4.69, 9.17) is 5.11 Å². The third kappa shape index (κ3) is 4.63. The molecule has 1 aromatic heterocycles. The lowest BCUT2D eigenvalue weighted by molar-refractivity contribution is -0.140. The molecule has 2 rings (SSSR count). The van der Waals surface area contributed by atoms with Crippen LogP contribution in [-0.2, 0) is 15.0 Å². The highest BCUT2D eigenvalue weighted by Crippen LogP contribution is 2.30. The highest BCUT2D eigenvalue weighted by Gasteiger charge is 2.24. The smallest absolute Gasteiger partial charge is 0.312 e. The molecule has 1 atom stereocenters.